The first-order chi connectivity index (χ1) is 12.2. The molecule has 126 valence electrons. The van der Waals surface area contributed by atoms with Gasteiger partial charge in [-0.15, -0.1) is 0 Å². The van der Waals surface area contributed by atoms with Gasteiger partial charge in [-0.3, -0.25) is 9.89 Å². The average molecular weight is 333 g/mol. The van der Waals surface area contributed by atoms with Gasteiger partial charge in [-0.05, 0) is 30.2 Å². The Kier molecular flexibility index (Phi) is 4.07. The number of hydrogen-bond acceptors (Lipinski definition) is 3. The van der Waals surface area contributed by atoms with E-state index in [1.165, 1.54) is 5.56 Å². The fraction of sp³-hybridized carbons (Fsp3) is 0.200. The monoisotopic (exact) mass is 333 g/mol. The van der Waals surface area contributed by atoms with Crippen molar-refractivity contribution >= 4 is 11.6 Å². The molecule has 0 bridgehead atoms. The summed E-state index contributed by atoms with van der Waals surface area (Å²) < 4.78 is 5.58. The van der Waals surface area contributed by atoms with Crippen LogP contribution in [-0.2, 0) is 22.7 Å². The van der Waals surface area contributed by atoms with E-state index >= 15 is 0 Å². The van der Waals surface area contributed by atoms with Crippen LogP contribution in [0, 0.1) is 6.92 Å². The number of fused-ring (bicyclic) bond motifs is 1. The van der Waals surface area contributed by atoms with Gasteiger partial charge < -0.3 is 9.64 Å². The molecule has 1 N–H and O–H groups in total. The molecular formula is C20H19N3O2. The summed E-state index contributed by atoms with van der Waals surface area (Å²) in [6, 6.07) is 14.3. The Labute approximate surface area is 146 Å². The lowest BCUT2D eigenvalue weighted by Crippen LogP contribution is -2.32. The summed E-state index contributed by atoms with van der Waals surface area (Å²) >= 11 is 0. The molecule has 1 amide bonds. The minimum atomic E-state index is -0.0182. The Morgan fingerprint density at radius 1 is 1.12 bits per heavy atom. The van der Waals surface area contributed by atoms with Crippen LogP contribution in [0.2, 0.25) is 0 Å². The Balaban J connectivity index is 1.70. The molecular weight excluding hydrogens is 314 g/mol. The number of nitrogens with zero attached hydrogens (tertiary/aromatic N) is 2. The van der Waals surface area contributed by atoms with E-state index in [9.17, 15) is 4.79 Å². The highest BCUT2D eigenvalue weighted by atomic mass is 16.5. The van der Waals surface area contributed by atoms with Gasteiger partial charge in [-0.25, -0.2) is 0 Å². The van der Waals surface area contributed by atoms with Crippen molar-refractivity contribution in [2.75, 3.05) is 11.5 Å². The first-order valence-corrected chi connectivity index (χ1v) is 8.26. The van der Waals surface area contributed by atoms with Crippen LogP contribution in [0.3, 0.4) is 0 Å². The van der Waals surface area contributed by atoms with E-state index in [4.69, 9.17) is 4.74 Å². The highest BCUT2D eigenvalue weighted by Crippen LogP contribution is 2.30. The molecule has 0 saturated carbocycles. The number of benzene rings is 2. The highest BCUT2D eigenvalue weighted by Gasteiger charge is 2.23. The lowest BCUT2D eigenvalue weighted by atomic mass is 10.0. The zero-order valence-corrected chi connectivity index (χ0v) is 14.0. The molecule has 25 heavy (non-hydrogen) atoms. The Morgan fingerprint density at radius 2 is 1.96 bits per heavy atom. The minimum Gasteiger partial charge on any atom is -0.367 e. The number of H-pyrrole nitrogens is 1. The summed E-state index contributed by atoms with van der Waals surface area (Å²) in [5.41, 5.74) is 6.31. The number of carbonyl (C=O) groups excluding carboxylic acids is 1. The molecule has 1 aliphatic heterocycles. The molecule has 3 aromatic rings. The molecule has 1 aromatic heterocycles. The maximum absolute atomic E-state index is 12.5. The third-order valence-corrected chi connectivity index (χ3v) is 4.45. The fourth-order valence-corrected chi connectivity index (χ4v) is 3.06. The number of aryl methyl sites for hydroxylation is 1. The number of anilines is 1. The molecule has 0 radical (unpaired) electrons. The SMILES string of the molecule is Cc1ccc(CN2C(=O)COCc3cc(-c4cn[nH]c4)ccc32)cc1. The van der Waals surface area contributed by atoms with E-state index in [1.54, 1.807) is 6.20 Å². The van der Waals surface area contributed by atoms with Crippen molar-refractivity contribution in [1.82, 2.24) is 10.2 Å². The van der Waals surface area contributed by atoms with Crippen LogP contribution in [-0.4, -0.2) is 22.7 Å². The van der Waals surface area contributed by atoms with Gasteiger partial charge in [0, 0.05) is 23.0 Å². The zero-order chi connectivity index (χ0) is 17.2. The van der Waals surface area contributed by atoms with Gasteiger partial charge in [0.1, 0.15) is 6.61 Å². The van der Waals surface area contributed by atoms with E-state index in [2.05, 4.69) is 47.5 Å². The first-order valence-electron chi connectivity index (χ1n) is 8.26. The summed E-state index contributed by atoms with van der Waals surface area (Å²) in [5, 5.41) is 6.83. The molecule has 1 aliphatic rings. The summed E-state index contributed by atoms with van der Waals surface area (Å²) in [4.78, 5) is 14.4. The van der Waals surface area contributed by atoms with Gasteiger partial charge in [0.2, 0.25) is 0 Å². The number of hydrogen-bond donors (Lipinski definition) is 1. The molecule has 4 rings (SSSR count). The largest absolute Gasteiger partial charge is 0.367 e. The third-order valence-electron chi connectivity index (χ3n) is 4.45. The standard InChI is InChI=1S/C20H19N3O2/c1-14-2-4-15(5-3-14)11-23-19-7-6-16(18-9-21-22-10-18)8-17(19)12-25-13-20(23)24/h2-10H,11-13H2,1H3,(H,21,22). The van der Waals surface area contributed by atoms with Crippen molar-refractivity contribution < 1.29 is 9.53 Å². The van der Waals surface area contributed by atoms with Crippen molar-refractivity contribution in [2.45, 2.75) is 20.1 Å². The number of ether oxygens (including phenoxy) is 1. The molecule has 0 saturated heterocycles. The van der Waals surface area contributed by atoms with Crippen LogP contribution >= 0.6 is 0 Å². The third kappa shape index (κ3) is 3.19. The molecule has 0 spiro atoms. The van der Waals surface area contributed by atoms with Gasteiger partial charge in [0.05, 0.1) is 19.3 Å². The lowest BCUT2D eigenvalue weighted by Gasteiger charge is -2.23. The van der Waals surface area contributed by atoms with Gasteiger partial charge in [-0.1, -0.05) is 35.9 Å². The molecule has 0 unspecified atom stereocenters. The second-order valence-electron chi connectivity index (χ2n) is 6.29. The Morgan fingerprint density at radius 3 is 2.72 bits per heavy atom. The maximum atomic E-state index is 12.5. The van der Waals surface area contributed by atoms with Gasteiger partial charge in [0.15, 0.2) is 0 Å². The minimum absolute atomic E-state index is 0.0182. The summed E-state index contributed by atoms with van der Waals surface area (Å²) in [7, 11) is 0. The van der Waals surface area contributed by atoms with E-state index in [-0.39, 0.29) is 12.5 Å². The first kappa shape index (κ1) is 15.6. The van der Waals surface area contributed by atoms with Crippen molar-refractivity contribution in [3.8, 4) is 11.1 Å². The molecule has 0 fully saturated rings. The van der Waals surface area contributed by atoms with Crippen molar-refractivity contribution in [3.05, 3.63) is 71.5 Å². The number of aromatic nitrogens is 2. The zero-order valence-electron chi connectivity index (χ0n) is 14.0. The summed E-state index contributed by atoms with van der Waals surface area (Å²) in [6.07, 6.45) is 3.64. The van der Waals surface area contributed by atoms with Gasteiger partial charge in [0.25, 0.3) is 5.91 Å². The molecule has 2 aromatic carbocycles. The highest BCUT2D eigenvalue weighted by molar-refractivity contribution is 5.95. The van der Waals surface area contributed by atoms with Gasteiger partial charge >= 0.3 is 0 Å². The van der Waals surface area contributed by atoms with Crippen LogP contribution < -0.4 is 4.90 Å². The van der Waals surface area contributed by atoms with Crippen molar-refractivity contribution in [3.63, 3.8) is 0 Å². The Hall–Kier alpha value is -2.92. The average Bonchev–Trinajstić information content (AvgIpc) is 3.11. The summed E-state index contributed by atoms with van der Waals surface area (Å²) in [5.74, 6) is -0.0182. The van der Waals surface area contributed by atoms with Crippen LogP contribution in [0.4, 0.5) is 5.69 Å². The second kappa shape index (κ2) is 6.53. The fourth-order valence-electron chi connectivity index (χ4n) is 3.06. The normalized spacial score (nSPS) is 14.3. The van der Waals surface area contributed by atoms with Crippen molar-refractivity contribution in [2.24, 2.45) is 0 Å². The number of carbonyl (C=O) groups is 1. The predicted octanol–water partition coefficient (Wildman–Crippen LogP) is 3.45. The van der Waals surface area contributed by atoms with E-state index in [0.717, 1.165) is 27.9 Å². The lowest BCUT2D eigenvalue weighted by molar-refractivity contribution is -0.123. The molecule has 0 aliphatic carbocycles. The van der Waals surface area contributed by atoms with E-state index in [1.807, 2.05) is 23.2 Å². The van der Waals surface area contributed by atoms with Crippen LogP contribution in [0.5, 0.6) is 0 Å². The second-order valence-corrected chi connectivity index (χ2v) is 6.29. The van der Waals surface area contributed by atoms with E-state index < -0.39 is 0 Å². The molecule has 0 atom stereocenters. The van der Waals surface area contributed by atoms with Crippen LogP contribution in [0.15, 0.2) is 54.9 Å². The maximum Gasteiger partial charge on any atom is 0.253 e. The quantitative estimate of drug-likeness (QED) is 0.799. The smallest absolute Gasteiger partial charge is 0.253 e. The van der Waals surface area contributed by atoms with Crippen LogP contribution in [0.25, 0.3) is 11.1 Å². The number of rotatable bonds is 3. The number of aromatic amines is 1. The van der Waals surface area contributed by atoms with Crippen LogP contribution in [0.1, 0.15) is 16.7 Å². The molecule has 2 heterocycles. The summed E-state index contributed by atoms with van der Waals surface area (Å²) in [6.45, 7) is 3.13. The number of amides is 1. The molecule has 5 heteroatoms. The predicted molar refractivity (Wildman–Crippen MR) is 96.0 cm³/mol. The number of nitrogens with one attached hydrogen (secondary N) is 1. The van der Waals surface area contributed by atoms with E-state index in [0.29, 0.717) is 13.2 Å². The Bertz CT molecular complexity index is 886. The van der Waals surface area contributed by atoms with Gasteiger partial charge in [-0.2, -0.15) is 5.10 Å². The molecule has 5 nitrogen and oxygen atoms in total. The topological polar surface area (TPSA) is 58.2 Å². The van der Waals surface area contributed by atoms with Crippen molar-refractivity contribution in [1.29, 1.82) is 0 Å².